The predicted octanol–water partition coefficient (Wildman–Crippen LogP) is 1.17. The van der Waals surface area contributed by atoms with Gasteiger partial charge < -0.3 is 0 Å². The number of hydrogen-bond acceptors (Lipinski definition) is 3. The first-order valence-corrected chi connectivity index (χ1v) is 6.07. The average Bonchev–Trinajstić information content (AvgIpc) is 2.76. The van der Waals surface area contributed by atoms with Crippen molar-refractivity contribution in [2.24, 2.45) is 7.05 Å². The number of rotatable bonds is 3. The molecule has 1 aromatic rings. The maximum atomic E-state index is 4.10. The van der Waals surface area contributed by atoms with E-state index in [1.54, 1.807) is 4.68 Å². The summed E-state index contributed by atoms with van der Waals surface area (Å²) in [6.45, 7) is 2.12. The minimum Gasteiger partial charge on any atom is -0.294 e. The van der Waals surface area contributed by atoms with Crippen LogP contribution >= 0.6 is 15.9 Å². The normalized spacial score (nSPS) is 23.1. The largest absolute Gasteiger partial charge is 0.294 e. The summed E-state index contributed by atoms with van der Waals surface area (Å²) in [5.74, 6) is 0. The quantitative estimate of drug-likeness (QED) is 0.764. The maximum Gasteiger partial charge on any atom is 0.0967 e. The molecule has 1 unspecified atom stereocenters. The number of nitrogens with zero attached hydrogens (tertiary/aromatic N) is 4. The Kier molecular flexibility index (Phi) is 3.18. The molecule has 0 aromatic carbocycles. The molecule has 0 saturated carbocycles. The zero-order valence-electron chi connectivity index (χ0n) is 8.36. The van der Waals surface area contributed by atoms with E-state index in [4.69, 9.17) is 0 Å². The number of aromatic nitrogens is 3. The van der Waals surface area contributed by atoms with E-state index < -0.39 is 0 Å². The van der Waals surface area contributed by atoms with Crippen LogP contribution in [0.15, 0.2) is 6.20 Å². The Balaban J connectivity index is 1.96. The summed E-state index contributed by atoms with van der Waals surface area (Å²) < 4.78 is 1.76. The molecular formula is C9H15BrN4. The fourth-order valence-corrected chi connectivity index (χ4v) is 2.69. The Morgan fingerprint density at radius 3 is 3.14 bits per heavy atom. The van der Waals surface area contributed by atoms with E-state index in [-0.39, 0.29) is 0 Å². The molecule has 78 valence electrons. The van der Waals surface area contributed by atoms with Gasteiger partial charge in [0.15, 0.2) is 0 Å². The van der Waals surface area contributed by atoms with Crippen LogP contribution in [-0.2, 0) is 13.6 Å². The van der Waals surface area contributed by atoms with Crippen molar-refractivity contribution in [1.82, 2.24) is 19.9 Å². The van der Waals surface area contributed by atoms with Crippen molar-refractivity contribution in [1.29, 1.82) is 0 Å². The third kappa shape index (κ3) is 2.15. The molecule has 1 aliphatic rings. The van der Waals surface area contributed by atoms with Gasteiger partial charge in [0.05, 0.1) is 5.69 Å². The topological polar surface area (TPSA) is 34.0 Å². The van der Waals surface area contributed by atoms with E-state index in [2.05, 4.69) is 31.1 Å². The minimum atomic E-state index is 0.678. The van der Waals surface area contributed by atoms with Gasteiger partial charge in [0.2, 0.25) is 0 Å². The van der Waals surface area contributed by atoms with Crippen LogP contribution in [0.1, 0.15) is 18.5 Å². The molecule has 0 spiro atoms. The lowest BCUT2D eigenvalue weighted by Gasteiger charge is -2.20. The summed E-state index contributed by atoms with van der Waals surface area (Å²) in [5.41, 5.74) is 1.07. The predicted molar refractivity (Wildman–Crippen MR) is 58.2 cm³/mol. The van der Waals surface area contributed by atoms with E-state index >= 15 is 0 Å². The van der Waals surface area contributed by atoms with Gasteiger partial charge in [-0.3, -0.25) is 9.58 Å². The van der Waals surface area contributed by atoms with Gasteiger partial charge in [0.25, 0.3) is 0 Å². The average molecular weight is 259 g/mol. The van der Waals surface area contributed by atoms with Crippen LogP contribution in [0.3, 0.4) is 0 Å². The van der Waals surface area contributed by atoms with Gasteiger partial charge >= 0.3 is 0 Å². The number of halogens is 1. The molecule has 5 heteroatoms. The molecule has 0 amide bonds. The van der Waals surface area contributed by atoms with Crippen LogP contribution in [0.4, 0.5) is 0 Å². The zero-order chi connectivity index (χ0) is 9.97. The summed E-state index contributed by atoms with van der Waals surface area (Å²) >= 11 is 3.55. The number of likely N-dealkylation sites (tertiary alicyclic amines) is 1. The standard InChI is InChI=1S/C9H15BrN4/c1-13-6-8(11-12-13)7-14-4-2-3-9(14)5-10/h6,9H,2-5,7H2,1H3. The Bertz CT molecular complexity index is 299. The highest BCUT2D eigenvalue weighted by Crippen LogP contribution is 2.20. The van der Waals surface area contributed by atoms with Crippen LogP contribution in [0.25, 0.3) is 0 Å². The fourth-order valence-electron chi connectivity index (χ4n) is 1.95. The summed E-state index contributed by atoms with van der Waals surface area (Å²) in [7, 11) is 1.91. The SMILES string of the molecule is Cn1cc(CN2CCCC2CBr)nn1. The van der Waals surface area contributed by atoms with Crippen LogP contribution in [-0.4, -0.2) is 37.8 Å². The van der Waals surface area contributed by atoms with Crippen LogP contribution in [0.2, 0.25) is 0 Å². The molecular weight excluding hydrogens is 244 g/mol. The zero-order valence-corrected chi connectivity index (χ0v) is 9.94. The Morgan fingerprint density at radius 1 is 1.64 bits per heavy atom. The van der Waals surface area contributed by atoms with E-state index in [9.17, 15) is 0 Å². The van der Waals surface area contributed by atoms with Crippen molar-refractivity contribution in [3.05, 3.63) is 11.9 Å². The lowest BCUT2D eigenvalue weighted by Crippen LogP contribution is -2.30. The lowest BCUT2D eigenvalue weighted by molar-refractivity contribution is 0.261. The van der Waals surface area contributed by atoms with Gasteiger partial charge in [-0.15, -0.1) is 5.10 Å². The molecule has 4 nitrogen and oxygen atoms in total. The van der Waals surface area contributed by atoms with Gasteiger partial charge in [0, 0.05) is 31.2 Å². The number of aryl methyl sites for hydroxylation is 1. The molecule has 0 N–H and O–H groups in total. The van der Waals surface area contributed by atoms with Crippen LogP contribution in [0, 0.1) is 0 Å². The highest BCUT2D eigenvalue weighted by molar-refractivity contribution is 9.09. The van der Waals surface area contributed by atoms with Crippen molar-refractivity contribution in [2.75, 3.05) is 11.9 Å². The van der Waals surface area contributed by atoms with Crippen molar-refractivity contribution < 1.29 is 0 Å². The molecule has 1 aliphatic heterocycles. The van der Waals surface area contributed by atoms with E-state index in [0.717, 1.165) is 17.6 Å². The van der Waals surface area contributed by atoms with Crippen molar-refractivity contribution in [3.8, 4) is 0 Å². The number of hydrogen-bond donors (Lipinski definition) is 0. The van der Waals surface area contributed by atoms with Crippen molar-refractivity contribution in [3.63, 3.8) is 0 Å². The molecule has 0 bridgehead atoms. The molecule has 0 radical (unpaired) electrons. The fraction of sp³-hybridized carbons (Fsp3) is 0.778. The van der Waals surface area contributed by atoms with Gasteiger partial charge in [-0.05, 0) is 19.4 Å². The van der Waals surface area contributed by atoms with E-state index in [1.165, 1.54) is 19.4 Å². The van der Waals surface area contributed by atoms with Gasteiger partial charge in [-0.2, -0.15) is 0 Å². The summed E-state index contributed by atoms with van der Waals surface area (Å²) in [4.78, 5) is 2.47. The lowest BCUT2D eigenvalue weighted by atomic mass is 10.2. The van der Waals surface area contributed by atoms with Crippen LogP contribution in [0.5, 0.6) is 0 Å². The first-order chi connectivity index (χ1) is 6.79. The maximum absolute atomic E-state index is 4.10. The smallest absolute Gasteiger partial charge is 0.0967 e. The molecule has 1 fully saturated rings. The Labute approximate surface area is 92.4 Å². The molecule has 14 heavy (non-hydrogen) atoms. The minimum absolute atomic E-state index is 0.678. The first-order valence-electron chi connectivity index (χ1n) is 4.95. The van der Waals surface area contributed by atoms with Crippen LogP contribution < -0.4 is 0 Å². The van der Waals surface area contributed by atoms with Crippen molar-refractivity contribution >= 4 is 15.9 Å². The Hall–Kier alpha value is -0.420. The van der Waals surface area contributed by atoms with Gasteiger partial charge in [-0.25, -0.2) is 0 Å². The molecule has 1 saturated heterocycles. The second-order valence-corrected chi connectivity index (χ2v) is 4.45. The van der Waals surface area contributed by atoms with Gasteiger partial charge in [-0.1, -0.05) is 21.1 Å². The monoisotopic (exact) mass is 258 g/mol. The van der Waals surface area contributed by atoms with Gasteiger partial charge in [0.1, 0.15) is 0 Å². The second-order valence-electron chi connectivity index (χ2n) is 3.80. The molecule has 1 aromatic heterocycles. The third-order valence-electron chi connectivity index (χ3n) is 2.69. The third-order valence-corrected chi connectivity index (χ3v) is 3.44. The highest BCUT2D eigenvalue weighted by Gasteiger charge is 2.23. The molecule has 2 heterocycles. The first kappa shape index (κ1) is 10.1. The summed E-state index contributed by atoms with van der Waals surface area (Å²) in [6, 6.07) is 0.678. The highest BCUT2D eigenvalue weighted by atomic mass is 79.9. The van der Waals surface area contributed by atoms with E-state index in [1.807, 2.05) is 13.2 Å². The summed E-state index contributed by atoms with van der Waals surface area (Å²) in [6.07, 6.45) is 4.59. The molecule has 1 atom stereocenters. The second kappa shape index (κ2) is 4.40. The molecule has 2 rings (SSSR count). The number of alkyl halides is 1. The summed E-state index contributed by atoms with van der Waals surface area (Å²) in [5, 5.41) is 9.10. The van der Waals surface area contributed by atoms with Crippen molar-refractivity contribution in [2.45, 2.75) is 25.4 Å². The van der Waals surface area contributed by atoms with E-state index in [0.29, 0.717) is 6.04 Å². The Morgan fingerprint density at radius 2 is 2.50 bits per heavy atom. The molecule has 0 aliphatic carbocycles.